The third kappa shape index (κ3) is 4.96. The fourth-order valence-corrected chi connectivity index (χ4v) is 5.62. The van der Waals surface area contributed by atoms with Crippen molar-refractivity contribution in [3.8, 4) is 0 Å². The van der Waals surface area contributed by atoms with Crippen LogP contribution in [0.1, 0.15) is 34.7 Å². The van der Waals surface area contributed by atoms with Gasteiger partial charge in [0.2, 0.25) is 15.9 Å². The smallest absolute Gasteiger partial charge is 0.413 e. The maximum absolute atomic E-state index is 13.4. The molecule has 1 heterocycles. The van der Waals surface area contributed by atoms with E-state index in [9.17, 15) is 18.0 Å². The summed E-state index contributed by atoms with van der Waals surface area (Å²) in [7, 11) is -3.63. The van der Waals surface area contributed by atoms with Crippen LogP contribution in [0, 0.1) is 34.6 Å². The van der Waals surface area contributed by atoms with Gasteiger partial charge in [0.1, 0.15) is 0 Å². The van der Waals surface area contributed by atoms with Gasteiger partial charge in [0.05, 0.1) is 18.0 Å². The summed E-state index contributed by atoms with van der Waals surface area (Å²) >= 11 is 0. The van der Waals surface area contributed by atoms with Crippen molar-refractivity contribution in [3.05, 3.63) is 27.8 Å². The van der Waals surface area contributed by atoms with E-state index in [1.807, 2.05) is 39.5 Å². The number of nitrogens with one attached hydrogen (secondary N) is 1. The van der Waals surface area contributed by atoms with Gasteiger partial charge in [-0.1, -0.05) is 0 Å². The van der Waals surface area contributed by atoms with E-state index >= 15 is 0 Å². The Bertz CT molecular complexity index is 874. The number of hydrogen-bond donors (Lipinski definition) is 1. The maximum Gasteiger partial charge on any atom is 0.413 e. The molecule has 1 aliphatic heterocycles. The number of piperazine rings is 1. The molecular formula is C20H31N3O5S. The Morgan fingerprint density at radius 2 is 1.38 bits per heavy atom. The number of carbonyl (C=O) groups excluding carboxylic acids is 2. The highest BCUT2D eigenvalue weighted by Crippen LogP contribution is 2.31. The molecule has 29 heavy (non-hydrogen) atoms. The van der Waals surface area contributed by atoms with Gasteiger partial charge >= 0.3 is 6.09 Å². The number of alkyl carbamates (subject to hydrolysis) is 1. The molecule has 0 aromatic heterocycles. The molecule has 9 heteroatoms. The monoisotopic (exact) mass is 425 g/mol. The van der Waals surface area contributed by atoms with Crippen LogP contribution in [-0.2, 0) is 19.6 Å². The summed E-state index contributed by atoms with van der Waals surface area (Å²) in [6.45, 7) is 12.9. The first-order valence-corrected chi connectivity index (χ1v) is 11.2. The minimum Gasteiger partial charge on any atom is -0.450 e. The fourth-order valence-electron chi connectivity index (χ4n) is 3.63. The van der Waals surface area contributed by atoms with Gasteiger partial charge < -0.3 is 4.74 Å². The Labute approximate surface area is 173 Å². The summed E-state index contributed by atoms with van der Waals surface area (Å²) in [6, 6.07) is 0. The summed E-state index contributed by atoms with van der Waals surface area (Å²) in [6.07, 6.45) is -0.769. The Kier molecular flexibility index (Phi) is 7.42. The molecule has 0 bridgehead atoms. The lowest BCUT2D eigenvalue weighted by molar-refractivity contribution is -0.121. The second kappa shape index (κ2) is 9.23. The average molecular weight is 426 g/mol. The van der Waals surface area contributed by atoms with Crippen LogP contribution >= 0.6 is 0 Å². The lowest BCUT2D eigenvalue weighted by Crippen LogP contribution is -2.51. The summed E-state index contributed by atoms with van der Waals surface area (Å²) in [5.74, 6) is -0.462. The molecule has 1 aromatic carbocycles. The molecule has 2 amide bonds. The van der Waals surface area contributed by atoms with E-state index in [0.717, 1.165) is 27.8 Å². The molecule has 2 rings (SSSR count). The quantitative estimate of drug-likeness (QED) is 0.773. The Hall–Kier alpha value is -1.97. The van der Waals surface area contributed by atoms with Gasteiger partial charge in [-0.25, -0.2) is 13.2 Å². The van der Waals surface area contributed by atoms with Gasteiger partial charge in [0.15, 0.2) is 0 Å². The summed E-state index contributed by atoms with van der Waals surface area (Å²) in [5, 5.41) is 2.15. The van der Waals surface area contributed by atoms with Crippen molar-refractivity contribution < 1.29 is 22.7 Å². The molecular weight excluding hydrogens is 394 g/mol. The first-order valence-electron chi connectivity index (χ1n) is 9.76. The van der Waals surface area contributed by atoms with E-state index in [4.69, 9.17) is 0 Å². The first-order chi connectivity index (χ1) is 13.5. The Morgan fingerprint density at radius 1 is 0.897 bits per heavy atom. The highest BCUT2D eigenvalue weighted by Gasteiger charge is 2.32. The third-order valence-electron chi connectivity index (χ3n) is 5.74. The normalized spacial score (nSPS) is 15.9. The lowest BCUT2D eigenvalue weighted by atomic mass is 9.95. The molecule has 1 fully saturated rings. The molecule has 0 aliphatic carbocycles. The number of rotatable bonds is 5. The number of sulfonamides is 1. The van der Waals surface area contributed by atoms with E-state index in [1.165, 1.54) is 4.31 Å². The highest BCUT2D eigenvalue weighted by molar-refractivity contribution is 7.89. The summed E-state index contributed by atoms with van der Waals surface area (Å²) in [4.78, 5) is 25.4. The van der Waals surface area contributed by atoms with Crippen molar-refractivity contribution in [2.24, 2.45) is 0 Å². The van der Waals surface area contributed by atoms with E-state index in [1.54, 1.807) is 6.92 Å². The molecule has 1 saturated heterocycles. The molecule has 0 saturated carbocycles. The molecule has 0 spiro atoms. The molecule has 1 aromatic rings. The summed E-state index contributed by atoms with van der Waals surface area (Å²) < 4.78 is 32.9. The van der Waals surface area contributed by atoms with Gasteiger partial charge in [-0.05, 0) is 69.4 Å². The van der Waals surface area contributed by atoms with Crippen LogP contribution in [0.5, 0.6) is 0 Å². The van der Waals surface area contributed by atoms with Gasteiger partial charge in [-0.2, -0.15) is 4.31 Å². The predicted molar refractivity (Wildman–Crippen MR) is 110 cm³/mol. The number of ether oxygens (including phenoxy) is 1. The largest absolute Gasteiger partial charge is 0.450 e. The van der Waals surface area contributed by atoms with Crippen LogP contribution < -0.4 is 5.32 Å². The average Bonchev–Trinajstić information content (AvgIpc) is 2.65. The van der Waals surface area contributed by atoms with E-state index in [-0.39, 0.29) is 13.2 Å². The topological polar surface area (TPSA) is 96.0 Å². The zero-order valence-electron chi connectivity index (χ0n) is 18.1. The molecule has 0 atom stereocenters. The van der Waals surface area contributed by atoms with Crippen LogP contribution in [0.25, 0.3) is 0 Å². The minimum absolute atomic E-state index is 0.0213. The molecule has 1 aliphatic rings. The van der Waals surface area contributed by atoms with Crippen molar-refractivity contribution in [2.75, 3.05) is 39.3 Å². The van der Waals surface area contributed by atoms with Crippen molar-refractivity contribution in [3.63, 3.8) is 0 Å². The van der Waals surface area contributed by atoms with E-state index in [0.29, 0.717) is 31.1 Å². The first kappa shape index (κ1) is 23.3. The predicted octanol–water partition coefficient (Wildman–Crippen LogP) is 1.81. The van der Waals surface area contributed by atoms with Crippen molar-refractivity contribution in [2.45, 2.75) is 46.4 Å². The number of benzene rings is 1. The molecule has 162 valence electrons. The molecule has 0 radical (unpaired) electrons. The molecule has 0 unspecified atom stereocenters. The standard InChI is InChI=1S/C20H31N3O5S/c1-7-28-20(25)21-18(24)12-22-8-10-23(11-9-22)29(26,27)19-16(5)14(3)13(2)15(4)17(19)6/h7-12H2,1-6H3,(H,21,24,25). The van der Waals surface area contributed by atoms with Crippen molar-refractivity contribution in [1.29, 1.82) is 0 Å². The molecule has 8 nitrogen and oxygen atoms in total. The number of amides is 2. The third-order valence-corrected chi connectivity index (χ3v) is 7.92. The van der Waals surface area contributed by atoms with E-state index < -0.39 is 22.0 Å². The zero-order valence-corrected chi connectivity index (χ0v) is 18.9. The zero-order chi connectivity index (χ0) is 21.9. The number of imide groups is 1. The van der Waals surface area contributed by atoms with Crippen molar-refractivity contribution >= 4 is 22.0 Å². The minimum atomic E-state index is -3.63. The van der Waals surface area contributed by atoms with Crippen LogP contribution in [0.2, 0.25) is 0 Å². The van der Waals surface area contributed by atoms with Gasteiger partial charge in [-0.15, -0.1) is 0 Å². The van der Waals surface area contributed by atoms with Crippen molar-refractivity contribution in [1.82, 2.24) is 14.5 Å². The van der Waals surface area contributed by atoms with Gasteiger partial charge in [-0.3, -0.25) is 15.0 Å². The Morgan fingerprint density at radius 3 is 1.86 bits per heavy atom. The second-order valence-electron chi connectivity index (χ2n) is 7.40. The van der Waals surface area contributed by atoms with Gasteiger partial charge in [0.25, 0.3) is 0 Å². The summed E-state index contributed by atoms with van der Waals surface area (Å²) in [5.41, 5.74) is 4.71. The van der Waals surface area contributed by atoms with Crippen LogP contribution in [0.4, 0.5) is 4.79 Å². The van der Waals surface area contributed by atoms with Crippen LogP contribution in [0.15, 0.2) is 4.90 Å². The Balaban J connectivity index is 2.10. The van der Waals surface area contributed by atoms with Crippen LogP contribution in [-0.4, -0.2) is 69.0 Å². The molecule has 1 N–H and O–H groups in total. The second-order valence-corrected chi connectivity index (χ2v) is 9.28. The SMILES string of the molecule is CCOC(=O)NC(=O)CN1CCN(S(=O)(=O)c2c(C)c(C)c(C)c(C)c2C)CC1. The van der Waals surface area contributed by atoms with Gasteiger partial charge in [0, 0.05) is 26.2 Å². The highest BCUT2D eigenvalue weighted by atomic mass is 32.2. The fraction of sp³-hybridized carbons (Fsp3) is 0.600. The van der Waals surface area contributed by atoms with E-state index in [2.05, 4.69) is 10.1 Å². The number of hydrogen-bond acceptors (Lipinski definition) is 6. The van der Waals surface area contributed by atoms with Crippen LogP contribution in [0.3, 0.4) is 0 Å². The number of nitrogens with zero attached hydrogens (tertiary/aromatic N) is 2. The number of carbonyl (C=O) groups is 2. The lowest BCUT2D eigenvalue weighted by Gasteiger charge is -2.34. The maximum atomic E-state index is 13.4.